The van der Waals surface area contributed by atoms with Crippen molar-refractivity contribution >= 4 is 7.60 Å². The van der Waals surface area contributed by atoms with E-state index in [4.69, 9.17) is 0 Å². The van der Waals surface area contributed by atoms with E-state index in [1.807, 2.05) is 43.3 Å². The number of nitrogens with two attached hydrogens (primary N) is 1. The molecule has 0 amide bonds. The summed E-state index contributed by atoms with van der Waals surface area (Å²) in [6.07, 6.45) is 0. The first-order valence-electron chi connectivity index (χ1n) is 6.48. The summed E-state index contributed by atoms with van der Waals surface area (Å²) in [7, 11) is -4.23. The van der Waals surface area contributed by atoms with E-state index in [0.717, 1.165) is 5.56 Å². The number of halogens is 1. The number of quaternary nitrogens is 1. The molecule has 2 rings (SSSR count). The molecule has 0 heterocycles. The molecule has 0 aliphatic carbocycles. The van der Waals surface area contributed by atoms with Crippen LogP contribution in [-0.4, -0.2) is 9.79 Å². The molecule has 0 saturated carbocycles. The lowest BCUT2D eigenvalue weighted by atomic mass is 10.1. The molecule has 114 valence electrons. The van der Waals surface area contributed by atoms with Crippen molar-refractivity contribution in [3.8, 4) is 0 Å². The Morgan fingerprint density at radius 1 is 0.905 bits per heavy atom. The Morgan fingerprint density at radius 2 is 1.33 bits per heavy atom. The lowest BCUT2D eigenvalue weighted by Crippen LogP contribution is -3.00. The normalized spacial score (nSPS) is 14.0. The highest BCUT2D eigenvalue weighted by molar-refractivity contribution is 7.51. The highest BCUT2D eigenvalue weighted by Crippen LogP contribution is 2.47. The van der Waals surface area contributed by atoms with Crippen molar-refractivity contribution in [2.75, 3.05) is 0 Å². The highest BCUT2D eigenvalue weighted by atomic mass is 35.5. The fraction of sp³-hybridized carbons (Fsp3) is 0.200. The molecule has 0 aromatic heterocycles. The van der Waals surface area contributed by atoms with Gasteiger partial charge in [0.1, 0.15) is 6.04 Å². The Bertz CT molecular complexity index is 588. The third kappa shape index (κ3) is 4.95. The van der Waals surface area contributed by atoms with Crippen molar-refractivity contribution in [2.24, 2.45) is 0 Å². The van der Waals surface area contributed by atoms with Gasteiger partial charge in [0.25, 0.3) is 0 Å². The van der Waals surface area contributed by atoms with Gasteiger partial charge >= 0.3 is 7.60 Å². The van der Waals surface area contributed by atoms with Gasteiger partial charge in [0.05, 0.1) is 0 Å². The molecule has 6 heteroatoms. The molecular formula is C15H19ClNO3P. The summed E-state index contributed by atoms with van der Waals surface area (Å²) in [4.78, 5) is 19.2. The quantitative estimate of drug-likeness (QED) is 0.629. The van der Waals surface area contributed by atoms with Crippen LogP contribution in [0.1, 0.15) is 29.9 Å². The van der Waals surface area contributed by atoms with Gasteiger partial charge in [-0.25, -0.2) is 0 Å². The molecule has 0 aliphatic rings. The molecule has 2 aromatic rings. The molecule has 4 nitrogen and oxygen atoms in total. The molecule has 0 aliphatic heterocycles. The second kappa shape index (κ2) is 7.74. The number of rotatable bonds is 5. The van der Waals surface area contributed by atoms with Crippen LogP contribution in [-0.2, 0) is 4.57 Å². The van der Waals surface area contributed by atoms with Crippen molar-refractivity contribution in [3.05, 3.63) is 71.8 Å². The number of hydrogen-bond donors (Lipinski definition) is 3. The predicted molar refractivity (Wildman–Crippen MR) is 78.0 cm³/mol. The first kappa shape index (κ1) is 17.9. The maximum atomic E-state index is 11.8. The van der Waals surface area contributed by atoms with E-state index < -0.39 is 13.4 Å². The van der Waals surface area contributed by atoms with Gasteiger partial charge in [-0.15, -0.1) is 0 Å². The van der Waals surface area contributed by atoms with E-state index in [-0.39, 0.29) is 18.4 Å². The zero-order chi connectivity index (χ0) is 14.6. The third-order valence-electron chi connectivity index (χ3n) is 3.30. The molecule has 21 heavy (non-hydrogen) atoms. The molecule has 0 saturated heterocycles. The van der Waals surface area contributed by atoms with Crippen LogP contribution in [0, 0.1) is 0 Å². The van der Waals surface area contributed by atoms with Crippen molar-refractivity contribution in [3.63, 3.8) is 0 Å². The average molecular weight is 328 g/mol. The van der Waals surface area contributed by atoms with Gasteiger partial charge < -0.3 is 27.5 Å². The Morgan fingerprint density at radius 3 is 1.76 bits per heavy atom. The minimum Gasteiger partial charge on any atom is -1.00 e. The summed E-state index contributed by atoms with van der Waals surface area (Å²) in [5, 5.41) is 1.73. The van der Waals surface area contributed by atoms with E-state index in [1.165, 1.54) is 0 Å². The molecule has 0 radical (unpaired) electrons. The molecule has 2 atom stereocenters. The van der Waals surface area contributed by atoms with Crippen LogP contribution < -0.4 is 17.7 Å². The summed E-state index contributed by atoms with van der Waals surface area (Å²) < 4.78 is 11.8. The van der Waals surface area contributed by atoms with Crippen molar-refractivity contribution in [1.82, 2.24) is 0 Å². The zero-order valence-electron chi connectivity index (χ0n) is 11.6. The van der Waals surface area contributed by atoms with Crippen LogP contribution in [0.2, 0.25) is 0 Å². The standard InChI is InChI=1S/C15H18NO3P.ClH/c1-12(13-8-4-2-5-9-13)16-15(20(17,18)19)14-10-6-3-7-11-14;/h2-12,15-16H,1H3,(H2,17,18,19);1H/t12-,15+;/m1./s1. The van der Waals surface area contributed by atoms with Gasteiger partial charge in [-0.1, -0.05) is 60.7 Å². The Labute approximate surface area is 130 Å². The summed E-state index contributed by atoms with van der Waals surface area (Å²) in [5.74, 6) is -0.876. The first-order chi connectivity index (χ1) is 9.48. The zero-order valence-corrected chi connectivity index (χ0v) is 13.3. The topological polar surface area (TPSA) is 74.1 Å². The number of hydrogen-bond acceptors (Lipinski definition) is 1. The molecular weight excluding hydrogens is 309 g/mol. The Balaban J connectivity index is 0.00000220. The van der Waals surface area contributed by atoms with Gasteiger partial charge in [-0.2, -0.15) is 0 Å². The summed E-state index contributed by atoms with van der Waals surface area (Å²) in [6, 6.07) is 18.6. The maximum Gasteiger partial charge on any atom is 0.387 e. The van der Waals surface area contributed by atoms with Crippen molar-refractivity contribution in [1.29, 1.82) is 0 Å². The first-order valence-corrected chi connectivity index (χ1v) is 8.17. The summed E-state index contributed by atoms with van der Waals surface area (Å²) in [6.45, 7) is 1.95. The van der Waals surface area contributed by atoms with Crippen molar-refractivity contribution in [2.45, 2.75) is 18.7 Å². The third-order valence-corrected chi connectivity index (χ3v) is 4.49. The van der Waals surface area contributed by atoms with E-state index in [1.54, 1.807) is 29.6 Å². The summed E-state index contributed by atoms with van der Waals surface area (Å²) >= 11 is 0. The van der Waals surface area contributed by atoms with Crippen LogP contribution in [0.15, 0.2) is 60.7 Å². The van der Waals surface area contributed by atoms with E-state index >= 15 is 0 Å². The molecule has 0 bridgehead atoms. The molecule has 0 fully saturated rings. The second-order valence-electron chi connectivity index (χ2n) is 4.84. The molecule has 4 N–H and O–H groups in total. The lowest BCUT2D eigenvalue weighted by molar-refractivity contribution is -0.714. The van der Waals surface area contributed by atoms with E-state index in [2.05, 4.69) is 0 Å². The fourth-order valence-corrected chi connectivity index (χ4v) is 3.25. The van der Waals surface area contributed by atoms with E-state index in [0.29, 0.717) is 5.56 Å². The van der Waals surface area contributed by atoms with Gasteiger partial charge in [-0.3, -0.25) is 4.57 Å². The van der Waals surface area contributed by atoms with Gasteiger partial charge in [0, 0.05) is 11.1 Å². The maximum absolute atomic E-state index is 11.8. The number of benzene rings is 2. The monoisotopic (exact) mass is 327 g/mol. The Hall–Kier alpha value is -1.16. The minimum atomic E-state index is -4.23. The van der Waals surface area contributed by atoms with Crippen LogP contribution >= 0.6 is 7.60 Å². The molecule has 0 spiro atoms. The highest BCUT2D eigenvalue weighted by Gasteiger charge is 2.35. The van der Waals surface area contributed by atoms with Crippen LogP contribution in [0.25, 0.3) is 0 Å². The van der Waals surface area contributed by atoms with E-state index in [9.17, 15) is 14.4 Å². The predicted octanol–water partition coefficient (Wildman–Crippen LogP) is -0.808. The SMILES string of the molecule is C[C@@H]([NH2+][C@H](c1ccccc1)P(=O)(O)O)c1ccccc1.[Cl-]. The van der Waals surface area contributed by atoms with Gasteiger partial charge in [-0.05, 0) is 6.92 Å². The molecule has 0 unspecified atom stereocenters. The minimum absolute atomic E-state index is 0. The largest absolute Gasteiger partial charge is 1.00 e. The van der Waals surface area contributed by atoms with Crippen LogP contribution in [0.4, 0.5) is 0 Å². The average Bonchev–Trinajstić information content (AvgIpc) is 2.45. The second-order valence-corrected chi connectivity index (χ2v) is 6.57. The van der Waals surface area contributed by atoms with Crippen LogP contribution in [0.5, 0.6) is 0 Å². The van der Waals surface area contributed by atoms with Gasteiger partial charge in [0.2, 0.25) is 5.78 Å². The smallest absolute Gasteiger partial charge is 0.387 e. The van der Waals surface area contributed by atoms with Gasteiger partial charge in [0.15, 0.2) is 0 Å². The lowest BCUT2D eigenvalue weighted by Gasteiger charge is -2.21. The Kier molecular flexibility index (Phi) is 6.59. The van der Waals surface area contributed by atoms with Crippen LogP contribution in [0.3, 0.4) is 0 Å². The van der Waals surface area contributed by atoms with Crippen molar-refractivity contribution < 1.29 is 32.1 Å². The fourth-order valence-electron chi connectivity index (χ4n) is 2.21. The molecule has 2 aromatic carbocycles. The summed E-state index contributed by atoms with van der Waals surface area (Å²) in [5.41, 5.74) is 1.69.